The molecule has 0 bridgehead atoms. The summed E-state index contributed by atoms with van der Waals surface area (Å²) in [5, 5.41) is 12.2. The molecule has 0 aliphatic rings. The number of esters is 2. The monoisotopic (exact) mass is 341 g/mol. The van der Waals surface area contributed by atoms with Crippen molar-refractivity contribution < 1.29 is 23.8 Å². The quantitative estimate of drug-likeness (QED) is 0.265. The van der Waals surface area contributed by atoms with Crippen molar-refractivity contribution in [3.05, 3.63) is 70.4 Å². The number of nitrogens with zero attached hydrogens (tertiary/aromatic N) is 1. The van der Waals surface area contributed by atoms with E-state index in [-0.39, 0.29) is 0 Å². The second-order valence-electron chi connectivity index (χ2n) is 5.06. The Bertz CT molecular complexity index is 763. The van der Waals surface area contributed by atoms with Gasteiger partial charge in [0.05, 0.1) is 24.3 Å². The number of hydrogen-bond donors (Lipinski definition) is 0. The van der Waals surface area contributed by atoms with E-state index in [1.54, 1.807) is 50.2 Å². The summed E-state index contributed by atoms with van der Waals surface area (Å²) in [5.74, 6) is -0.826. The van der Waals surface area contributed by atoms with Gasteiger partial charge >= 0.3 is 11.9 Å². The van der Waals surface area contributed by atoms with Gasteiger partial charge in [0.2, 0.25) is 5.69 Å². The van der Waals surface area contributed by atoms with Crippen LogP contribution in [-0.4, -0.2) is 36.1 Å². The van der Waals surface area contributed by atoms with E-state index in [1.165, 1.54) is 18.3 Å². The van der Waals surface area contributed by atoms with Crippen molar-refractivity contribution in [1.82, 2.24) is 0 Å². The summed E-state index contributed by atoms with van der Waals surface area (Å²) in [5.41, 5.74) is 1.83. The highest BCUT2D eigenvalue weighted by Crippen LogP contribution is 2.14. The van der Waals surface area contributed by atoms with Crippen LogP contribution in [-0.2, 0) is 9.47 Å². The minimum absolute atomic E-state index is 0.295. The van der Waals surface area contributed by atoms with Crippen molar-refractivity contribution in [2.24, 2.45) is 0 Å². The fourth-order valence-corrected chi connectivity index (χ4v) is 2.09. The van der Waals surface area contributed by atoms with Gasteiger partial charge in [0.25, 0.3) is 0 Å². The summed E-state index contributed by atoms with van der Waals surface area (Å²) in [7, 11) is 0. The Balaban J connectivity index is 2.12. The first kappa shape index (κ1) is 18.2. The lowest BCUT2D eigenvalue weighted by Crippen LogP contribution is -2.06. The van der Waals surface area contributed by atoms with Gasteiger partial charge in [0.1, 0.15) is 0 Å². The molecule has 0 N–H and O–H groups in total. The van der Waals surface area contributed by atoms with E-state index < -0.39 is 11.9 Å². The number of carbonyl (C=O) groups excluding carboxylic acids is 2. The van der Waals surface area contributed by atoms with E-state index in [1.807, 2.05) is 0 Å². The SMILES string of the molecule is CCOC(=O)c1ccc(C=[N+]([O-])c2ccc(C(=O)OCC)cc2)cc1. The van der Waals surface area contributed by atoms with Crippen molar-refractivity contribution in [3.8, 4) is 0 Å². The summed E-state index contributed by atoms with van der Waals surface area (Å²) in [6.07, 6.45) is 1.38. The molecule has 0 aliphatic carbocycles. The second-order valence-corrected chi connectivity index (χ2v) is 5.06. The summed E-state index contributed by atoms with van der Waals surface area (Å²) < 4.78 is 10.5. The zero-order valence-electron chi connectivity index (χ0n) is 14.1. The van der Waals surface area contributed by atoms with E-state index in [4.69, 9.17) is 9.47 Å². The average Bonchev–Trinajstić information content (AvgIpc) is 2.63. The highest BCUT2D eigenvalue weighted by atomic mass is 16.5. The summed E-state index contributed by atoms with van der Waals surface area (Å²) in [4.78, 5) is 23.2. The van der Waals surface area contributed by atoms with Crippen LogP contribution in [0.25, 0.3) is 0 Å². The van der Waals surface area contributed by atoms with Gasteiger partial charge in [-0.3, -0.25) is 0 Å². The Morgan fingerprint density at radius 2 is 1.32 bits per heavy atom. The fourth-order valence-electron chi connectivity index (χ4n) is 2.09. The minimum Gasteiger partial charge on any atom is -0.618 e. The van der Waals surface area contributed by atoms with Gasteiger partial charge in [-0.15, -0.1) is 0 Å². The molecule has 130 valence electrons. The maximum absolute atomic E-state index is 12.2. The molecule has 0 saturated heterocycles. The standard InChI is InChI=1S/C19H19NO5/c1-3-24-18(21)15-7-5-14(6-8-15)13-20(23)17-11-9-16(10-12-17)19(22)25-4-2/h5-13H,3-4H2,1-2H3. The molecule has 2 rings (SSSR count). The molecule has 0 heterocycles. The first-order valence-electron chi connectivity index (χ1n) is 7.90. The smallest absolute Gasteiger partial charge is 0.338 e. The van der Waals surface area contributed by atoms with Crippen LogP contribution in [0.15, 0.2) is 48.5 Å². The van der Waals surface area contributed by atoms with E-state index in [9.17, 15) is 14.8 Å². The highest BCUT2D eigenvalue weighted by Gasteiger charge is 2.09. The molecule has 6 nitrogen and oxygen atoms in total. The van der Waals surface area contributed by atoms with Gasteiger partial charge in [-0.25, -0.2) is 9.59 Å². The summed E-state index contributed by atoms with van der Waals surface area (Å²) in [6, 6.07) is 12.7. The highest BCUT2D eigenvalue weighted by molar-refractivity contribution is 5.91. The number of carbonyl (C=O) groups is 2. The van der Waals surface area contributed by atoms with E-state index in [0.29, 0.717) is 40.3 Å². The van der Waals surface area contributed by atoms with Crippen molar-refractivity contribution in [2.75, 3.05) is 13.2 Å². The Morgan fingerprint density at radius 3 is 1.76 bits per heavy atom. The van der Waals surface area contributed by atoms with Gasteiger partial charge in [-0.2, -0.15) is 4.74 Å². The van der Waals surface area contributed by atoms with E-state index >= 15 is 0 Å². The molecule has 0 radical (unpaired) electrons. The normalized spacial score (nSPS) is 11.0. The first-order chi connectivity index (χ1) is 12.0. The lowest BCUT2D eigenvalue weighted by molar-refractivity contribution is -0.354. The lowest BCUT2D eigenvalue weighted by Gasteiger charge is -2.05. The van der Waals surface area contributed by atoms with Crippen LogP contribution in [0.2, 0.25) is 0 Å². The fraction of sp³-hybridized carbons (Fsp3) is 0.211. The van der Waals surface area contributed by atoms with Gasteiger partial charge < -0.3 is 14.7 Å². The second kappa shape index (κ2) is 8.63. The molecular formula is C19H19NO5. The molecule has 0 fully saturated rings. The molecule has 0 spiro atoms. The van der Waals surface area contributed by atoms with Crippen LogP contribution in [0.4, 0.5) is 5.69 Å². The molecule has 0 aliphatic heterocycles. The number of ether oxygens (including phenoxy) is 2. The zero-order valence-corrected chi connectivity index (χ0v) is 14.1. The lowest BCUT2D eigenvalue weighted by atomic mass is 10.1. The van der Waals surface area contributed by atoms with Crippen molar-refractivity contribution in [1.29, 1.82) is 0 Å². The maximum atomic E-state index is 12.2. The van der Waals surface area contributed by atoms with Gasteiger partial charge in [0.15, 0.2) is 6.21 Å². The van der Waals surface area contributed by atoms with Gasteiger partial charge in [0, 0.05) is 17.7 Å². The van der Waals surface area contributed by atoms with Crippen LogP contribution < -0.4 is 0 Å². The maximum Gasteiger partial charge on any atom is 0.338 e. The Morgan fingerprint density at radius 1 is 0.880 bits per heavy atom. The largest absolute Gasteiger partial charge is 0.618 e. The predicted molar refractivity (Wildman–Crippen MR) is 93.3 cm³/mol. The molecule has 0 amide bonds. The zero-order chi connectivity index (χ0) is 18.2. The molecule has 2 aromatic rings. The summed E-state index contributed by atoms with van der Waals surface area (Å²) >= 11 is 0. The van der Waals surface area contributed by atoms with Crippen molar-refractivity contribution in [2.45, 2.75) is 13.8 Å². The minimum atomic E-state index is -0.426. The van der Waals surface area contributed by atoms with Crippen LogP contribution in [0.1, 0.15) is 40.1 Å². The molecule has 0 unspecified atom stereocenters. The van der Waals surface area contributed by atoms with Gasteiger partial charge in [-0.05, 0) is 50.2 Å². The number of rotatable bonds is 6. The topological polar surface area (TPSA) is 78.7 Å². The molecule has 2 aromatic carbocycles. The Labute approximate surface area is 145 Å². The van der Waals surface area contributed by atoms with E-state index in [0.717, 1.165) is 0 Å². The third-order valence-corrected chi connectivity index (χ3v) is 3.32. The Kier molecular flexibility index (Phi) is 6.28. The molecular weight excluding hydrogens is 322 g/mol. The van der Waals surface area contributed by atoms with Crippen LogP contribution >= 0.6 is 0 Å². The van der Waals surface area contributed by atoms with Crippen molar-refractivity contribution >= 4 is 23.8 Å². The predicted octanol–water partition coefficient (Wildman–Crippen LogP) is 3.30. The Hall–Kier alpha value is -3.15. The number of benzene rings is 2. The third-order valence-electron chi connectivity index (χ3n) is 3.32. The third kappa shape index (κ3) is 4.91. The first-order valence-corrected chi connectivity index (χ1v) is 7.90. The number of hydrogen-bond acceptors (Lipinski definition) is 5. The van der Waals surface area contributed by atoms with Crippen molar-refractivity contribution in [3.63, 3.8) is 0 Å². The molecule has 0 aromatic heterocycles. The van der Waals surface area contributed by atoms with E-state index in [2.05, 4.69) is 0 Å². The molecule has 25 heavy (non-hydrogen) atoms. The van der Waals surface area contributed by atoms with Gasteiger partial charge in [-0.1, -0.05) is 0 Å². The molecule has 0 atom stereocenters. The average molecular weight is 341 g/mol. The molecule has 0 saturated carbocycles. The van der Waals surface area contributed by atoms with Crippen LogP contribution in [0.5, 0.6) is 0 Å². The summed E-state index contributed by atoms with van der Waals surface area (Å²) in [6.45, 7) is 4.07. The van der Waals surface area contributed by atoms with Crippen LogP contribution in [0.3, 0.4) is 0 Å². The van der Waals surface area contributed by atoms with Crippen LogP contribution in [0, 0.1) is 5.21 Å². The molecule has 6 heteroatoms.